The highest BCUT2D eigenvalue weighted by Gasteiger charge is 2.03. The molecule has 0 saturated carbocycles. The van der Waals surface area contributed by atoms with Crippen molar-refractivity contribution in [2.45, 2.75) is 0 Å². The van der Waals surface area contributed by atoms with Crippen LogP contribution in [0, 0.1) is 0 Å². The highest BCUT2D eigenvalue weighted by molar-refractivity contribution is 5.54. The fourth-order valence-corrected chi connectivity index (χ4v) is 1.63. The van der Waals surface area contributed by atoms with Crippen molar-refractivity contribution in [3.63, 3.8) is 0 Å². The van der Waals surface area contributed by atoms with E-state index in [1.165, 1.54) is 12.1 Å². The Morgan fingerprint density at radius 2 is 1.21 bits per heavy atom. The Morgan fingerprint density at radius 1 is 0.786 bits per heavy atom. The van der Waals surface area contributed by atoms with Gasteiger partial charge in [0.1, 0.15) is 11.0 Å². The molecule has 0 atom stereocenters. The van der Waals surface area contributed by atoms with Crippen molar-refractivity contribution < 1.29 is 0 Å². The first kappa shape index (κ1) is 7.32. The van der Waals surface area contributed by atoms with Crippen LogP contribution in [0.4, 0.5) is 0 Å². The van der Waals surface area contributed by atoms with Crippen LogP contribution in [0.3, 0.4) is 0 Å². The van der Waals surface area contributed by atoms with Crippen LogP contribution >= 0.6 is 0 Å². The summed E-state index contributed by atoms with van der Waals surface area (Å²) in [5, 5.41) is 0. The summed E-state index contributed by atoms with van der Waals surface area (Å²) in [6, 6.07) is 2.97. The third-order valence-corrected chi connectivity index (χ3v) is 2.36. The summed E-state index contributed by atoms with van der Waals surface area (Å²) >= 11 is 0. The van der Waals surface area contributed by atoms with Crippen molar-refractivity contribution in [3.05, 3.63) is 57.4 Å². The van der Waals surface area contributed by atoms with Gasteiger partial charge in [0.05, 0.1) is 0 Å². The Labute approximate surface area is 78.0 Å². The molecule has 3 aromatic rings. The van der Waals surface area contributed by atoms with E-state index in [4.69, 9.17) is 0 Å². The molecule has 0 saturated heterocycles. The minimum Gasteiger partial charge on any atom is -0.317 e. The van der Waals surface area contributed by atoms with E-state index < -0.39 is 0 Å². The van der Waals surface area contributed by atoms with E-state index in [0.29, 0.717) is 11.0 Å². The van der Waals surface area contributed by atoms with Gasteiger partial charge in [-0.1, -0.05) is 0 Å². The van der Waals surface area contributed by atoms with Crippen LogP contribution in [0.15, 0.2) is 46.5 Å². The lowest BCUT2D eigenvalue weighted by atomic mass is 10.5. The Bertz CT molecular complexity index is 659. The molecule has 0 aliphatic rings. The summed E-state index contributed by atoms with van der Waals surface area (Å²) in [4.78, 5) is 22.6. The summed E-state index contributed by atoms with van der Waals surface area (Å²) < 4.78 is 3.33. The smallest absolute Gasteiger partial charge is 0.205 e. The number of rotatable bonds is 0. The largest absolute Gasteiger partial charge is 0.317 e. The van der Waals surface area contributed by atoms with Gasteiger partial charge in [-0.2, -0.15) is 0 Å². The second-order valence-corrected chi connectivity index (χ2v) is 3.20. The molecule has 3 aromatic heterocycles. The van der Waals surface area contributed by atoms with Gasteiger partial charge in [-0.15, -0.1) is 0 Å². The topological polar surface area (TPSA) is 43.0 Å². The molecule has 0 spiro atoms. The van der Waals surface area contributed by atoms with Crippen LogP contribution in [0.1, 0.15) is 0 Å². The first-order chi connectivity index (χ1) is 6.75. The molecule has 0 aliphatic carbocycles. The van der Waals surface area contributed by atoms with E-state index in [0.717, 1.165) is 0 Å². The molecule has 4 nitrogen and oxygen atoms in total. The molecule has 4 heteroatoms. The summed E-state index contributed by atoms with van der Waals surface area (Å²) in [6.07, 6.45) is 6.65. The van der Waals surface area contributed by atoms with E-state index in [1.807, 2.05) is 0 Å². The minimum absolute atomic E-state index is 0.0342. The van der Waals surface area contributed by atoms with Crippen LogP contribution in [0.2, 0.25) is 0 Å². The molecule has 0 unspecified atom stereocenters. The van der Waals surface area contributed by atoms with Crippen molar-refractivity contribution in [2.75, 3.05) is 0 Å². The van der Waals surface area contributed by atoms with E-state index in [1.54, 1.807) is 33.6 Å². The highest BCUT2D eigenvalue weighted by Crippen LogP contribution is 2.02. The molecular formula is C10H6N2O2. The molecule has 0 radical (unpaired) electrons. The Kier molecular flexibility index (Phi) is 1.16. The molecule has 3 heterocycles. The lowest BCUT2D eigenvalue weighted by molar-refractivity contribution is 1.11. The standard InChI is InChI=1S/C10H6N2O2/c13-9-1-3-11-6-8-10(14)2-4-12(8)5-7(9)11/h1-6H. The number of fused-ring (bicyclic) bond motifs is 2. The van der Waals surface area contributed by atoms with Gasteiger partial charge < -0.3 is 8.80 Å². The second kappa shape index (κ2) is 2.23. The predicted octanol–water partition coefficient (Wildman–Crippen LogP) is 0.350. The maximum absolute atomic E-state index is 11.3. The monoisotopic (exact) mass is 186 g/mol. The van der Waals surface area contributed by atoms with E-state index >= 15 is 0 Å². The first-order valence-corrected chi connectivity index (χ1v) is 4.21. The van der Waals surface area contributed by atoms with Crippen LogP contribution < -0.4 is 10.9 Å². The van der Waals surface area contributed by atoms with Crippen molar-refractivity contribution in [3.8, 4) is 0 Å². The Hall–Kier alpha value is -2.10. The SMILES string of the molecule is O=c1ccn2cc3c(=O)ccn3cc12. The summed E-state index contributed by atoms with van der Waals surface area (Å²) in [7, 11) is 0. The third-order valence-electron chi connectivity index (χ3n) is 2.36. The Morgan fingerprint density at radius 3 is 1.64 bits per heavy atom. The minimum atomic E-state index is -0.0342. The molecule has 0 aromatic carbocycles. The molecule has 3 rings (SSSR count). The zero-order valence-corrected chi connectivity index (χ0v) is 7.18. The molecule has 0 aliphatic heterocycles. The normalized spacial score (nSPS) is 11.4. The lowest BCUT2D eigenvalue weighted by Crippen LogP contribution is -2.01. The zero-order chi connectivity index (χ0) is 9.71. The maximum atomic E-state index is 11.3. The molecule has 0 N–H and O–H groups in total. The van der Waals surface area contributed by atoms with Gasteiger partial charge >= 0.3 is 0 Å². The summed E-state index contributed by atoms with van der Waals surface area (Å²) in [5.74, 6) is 0. The summed E-state index contributed by atoms with van der Waals surface area (Å²) in [6.45, 7) is 0. The molecule has 14 heavy (non-hydrogen) atoms. The maximum Gasteiger partial charge on any atom is 0.205 e. The number of hydrogen-bond acceptors (Lipinski definition) is 2. The second-order valence-electron chi connectivity index (χ2n) is 3.20. The van der Waals surface area contributed by atoms with Crippen molar-refractivity contribution >= 4 is 11.0 Å². The van der Waals surface area contributed by atoms with Gasteiger partial charge in [0.15, 0.2) is 0 Å². The van der Waals surface area contributed by atoms with Crippen molar-refractivity contribution in [2.24, 2.45) is 0 Å². The van der Waals surface area contributed by atoms with Gasteiger partial charge in [-0.05, 0) is 0 Å². The van der Waals surface area contributed by atoms with E-state index in [9.17, 15) is 9.59 Å². The van der Waals surface area contributed by atoms with Crippen LogP contribution in [0.5, 0.6) is 0 Å². The van der Waals surface area contributed by atoms with Gasteiger partial charge in [-0.3, -0.25) is 9.59 Å². The fourth-order valence-electron chi connectivity index (χ4n) is 1.63. The molecule has 0 bridgehead atoms. The quantitative estimate of drug-likeness (QED) is 0.508. The van der Waals surface area contributed by atoms with Gasteiger partial charge in [-0.25, -0.2) is 0 Å². The molecular weight excluding hydrogens is 180 g/mol. The van der Waals surface area contributed by atoms with E-state index in [-0.39, 0.29) is 10.9 Å². The van der Waals surface area contributed by atoms with Crippen molar-refractivity contribution in [1.82, 2.24) is 8.80 Å². The summed E-state index contributed by atoms with van der Waals surface area (Å²) in [5.41, 5.74) is 1.09. The highest BCUT2D eigenvalue weighted by atomic mass is 16.1. The van der Waals surface area contributed by atoms with Gasteiger partial charge in [0, 0.05) is 36.9 Å². The molecule has 0 fully saturated rings. The average Bonchev–Trinajstić information content (AvgIpc) is 2.71. The molecule has 68 valence electrons. The molecule has 0 amide bonds. The van der Waals surface area contributed by atoms with Gasteiger partial charge in [0.2, 0.25) is 10.9 Å². The Balaban J connectivity index is 2.69. The average molecular weight is 186 g/mol. The lowest BCUT2D eigenvalue weighted by Gasteiger charge is -1.95. The number of hydrogen-bond donors (Lipinski definition) is 0. The van der Waals surface area contributed by atoms with Gasteiger partial charge in [0.25, 0.3) is 0 Å². The van der Waals surface area contributed by atoms with E-state index in [2.05, 4.69) is 0 Å². The van der Waals surface area contributed by atoms with Crippen molar-refractivity contribution in [1.29, 1.82) is 0 Å². The predicted molar refractivity (Wildman–Crippen MR) is 52.1 cm³/mol. The third kappa shape index (κ3) is 0.771. The van der Waals surface area contributed by atoms with Crippen LogP contribution in [-0.2, 0) is 0 Å². The van der Waals surface area contributed by atoms with Crippen LogP contribution in [0.25, 0.3) is 11.0 Å². The fraction of sp³-hybridized carbons (Fsp3) is 0. The number of nitrogens with zero attached hydrogens (tertiary/aromatic N) is 2. The number of aromatic nitrogens is 2. The zero-order valence-electron chi connectivity index (χ0n) is 7.18. The first-order valence-electron chi connectivity index (χ1n) is 4.21. The van der Waals surface area contributed by atoms with Crippen LogP contribution in [-0.4, -0.2) is 8.80 Å².